The van der Waals surface area contributed by atoms with E-state index in [1.807, 2.05) is 18.2 Å². The highest BCUT2D eigenvalue weighted by atomic mass is 16.1. The lowest BCUT2D eigenvalue weighted by Gasteiger charge is -1.87. The average Bonchev–Trinajstić information content (AvgIpc) is 2.45. The summed E-state index contributed by atoms with van der Waals surface area (Å²) in [6, 6.07) is 10.7. The Morgan fingerprint density at radius 1 is 0.875 bits per heavy atom. The fourth-order valence-corrected chi connectivity index (χ4v) is 1.59. The van der Waals surface area contributed by atoms with Crippen molar-refractivity contribution in [3.05, 3.63) is 52.9 Å². The second kappa shape index (κ2) is 3.34. The third kappa shape index (κ3) is 1.32. The van der Waals surface area contributed by atoms with Gasteiger partial charge in [0.2, 0.25) is 0 Å². The maximum absolute atomic E-state index is 11.8. The maximum atomic E-state index is 11.8. The van der Waals surface area contributed by atoms with E-state index < -0.39 is 0 Å². The first-order valence-electron chi connectivity index (χ1n) is 4.86. The van der Waals surface area contributed by atoms with Gasteiger partial charge in [-0.3, -0.25) is 4.79 Å². The molecule has 0 aliphatic heterocycles. The lowest BCUT2D eigenvalue weighted by Crippen LogP contribution is -2.01. The number of pyridine rings is 1. The smallest absolute Gasteiger partial charge is 0.267 e. The fraction of sp³-hybridized carbons (Fsp3) is 0. The van der Waals surface area contributed by atoms with Crippen LogP contribution in [0.5, 0.6) is 0 Å². The third-order valence-corrected chi connectivity index (χ3v) is 2.35. The molecule has 3 rings (SSSR count). The zero-order valence-electron chi connectivity index (χ0n) is 8.29. The van der Waals surface area contributed by atoms with Crippen molar-refractivity contribution in [2.24, 2.45) is 0 Å². The summed E-state index contributed by atoms with van der Waals surface area (Å²) >= 11 is 0. The van der Waals surface area contributed by atoms with Gasteiger partial charge in [0.05, 0.1) is 16.4 Å². The molecule has 0 unspecified atom stereocenters. The standard InChI is InChI=1S/C12H7N3O/c16-12-8-4-3-7-13-11(8)14-9-5-1-2-6-10(9)15-12/h1-7H. The molecular weight excluding hydrogens is 202 g/mol. The summed E-state index contributed by atoms with van der Waals surface area (Å²) in [7, 11) is 0. The molecular formula is C12H7N3O. The largest absolute Gasteiger partial charge is 0.281 e. The maximum Gasteiger partial charge on any atom is 0.281 e. The Labute approximate surface area is 90.6 Å². The Balaban J connectivity index is 2.65. The molecule has 0 spiro atoms. The minimum absolute atomic E-state index is 0.295. The molecule has 0 bridgehead atoms. The Hall–Kier alpha value is -2.36. The lowest BCUT2D eigenvalue weighted by molar-refractivity contribution is 1.32. The van der Waals surface area contributed by atoms with Gasteiger partial charge in [-0.25, -0.2) is 15.0 Å². The number of fused-ring (bicyclic) bond motifs is 2. The number of hydrogen-bond acceptors (Lipinski definition) is 4. The molecule has 0 amide bonds. The van der Waals surface area contributed by atoms with Crippen LogP contribution in [0.3, 0.4) is 0 Å². The van der Waals surface area contributed by atoms with Crippen LogP contribution in [-0.4, -0.2) is 15.0 Å². The van der Waals surface area contributed by atoms with E-state index in [4.69, 9.17) is 0 Å². The summed E-state index contributed by atoms with van der Waals surface area (Å²) in [6.45, 7) is 0. The SMILES string of the molecule is O=c1nc2ccccc2nc2ncccc12. The molecule has 0 saturated carbocycles. The number of rotatable bonds is 0. The van der Waals surface area contributed by atoms with E-state index in [-0.39, 0.29) is 5.56 Å². The molecule has 0 atom stereocenters. The summed E-state index contributed by atoms with van der Waals surface area (Å²) < 4.78 is 0. The molecule has 4 heteroatoms. The van der Waals surface area contributed by atoms with Crippen molar-refractivity contribution in [1.82, 2.24) is 15.0 Å². The molecule has 0 N–H and O–H groups in total. The second-order valence-electron chi connectivity index (χ2n) is 3.39. The highest BCUT2D eigenvalue weighted by Crippen LogP contribution is 2.08. The Morgan fingerprint density at radius 3 is 2.44 bits per heavy atom. The summed E-state index contributed by atoms with van der Waals surface area (Å²) in [5.41, 5.74) is 1.40. The Morgan fingerprint density at radius 2 is 1.62 bits per heavy atom. The number of para-hydroxylation sites is 2. The van der Waals surface area contributed by atoms with Gasteiger partial charge >= 0.3 is 0 Å². The number of benzene rings is 1. The number of aromatic nitrogens is 3. The average molecular weight is 209 g/mol. The molecule has 0 aliphatic carbocycles. The van der Waals surface area contributed by atoms with Gasteiger partial charge in [-0.15, -0.1) is 0 Å². The van der Waals surface area contributed by atoms with Gasteiger partial charge in [-0.1, -0.05) is 12.1 Å². The van der Waals surface area contributed by atoms with Crippen LogP contribution in [0.15, 0.2) is 47.4 Å². The summed E-state index contributed by atoms with van der Waals surface area (Å²) in [5.74, 6) is 0. The highest BCUT2D eigenvalue weighted by Gasteiger charge is 2.01. The molecule has 4 nitrogen and oxygen atoms in total. The van der Waals surface area contributed by atoms with E-state index >= 15 is 0 Å². The second-order valence-corrected chi connectivity index (χ2v) is 3.39. The first-order chi connectivity index (χ1) is 7.84. The van der Waals surface area contributed by atoms with Crippen molar-refractivity contribution in [2.45, 2.75) is 0 Å². The molecule has 0 radical (unpaired) electrons. The van der Waals surface area contributed by atoms with Crippen LogP contribution in [0.2, 0.25) is 0 Å². The zero-order valence-corrected chi connectivity index (χ0v) is 8.29. The lowest BCUT2D eigenvalue weighted by atomic mass is 10.3. The molecule has 16 heavy (non-hydrogen) atoms. The molecule has 0 aliphatic rings. The summed E-state index contributed by atoms with van der Waals surface area (Å²) in [4.78, 5) is 24.2. The van der Waals surface area contributed by atoms with Gasteiger partial charge in [0.1, 0.15) is 0 Å². The van der Waals surface area contributed by atoms with Crippen molar-refractivity contribution >= 4 is 22.1 Å². The normalized spacial score (nSPS) is 10.8. The van der Waals surface area contributed by atoms with Gasteiger partial charge in [0.25, 0.3) is 5.56 Å². The molecule has 1 aromatic carbocycles. The predicted octanol–water partition coefficient (Wildman–Crippen LogP) is 1.54. The van der Waals surface area contributed by atoms with Gasteiger partial charge in [0.15, 0.2) is 5.65 Å². The Bertz CT molecular complexity index is 740. The molecule has 0 saturated heterocycles. The number of hydrogen-bond donors (Lipinski definition) is 0. The van der Waals surface area contributed by atoms with Crippen molar-refractivity contribution in [3.63, 3.8) is 0 Å². The minimum Gasteiger partial charge on any atom is -0.267 e. The van der Waals surface area contributed by atoms with E-state index in [1.54, 1.807) is 24.4 Å². The molecule has 3 aromatic rings. The van der Waals surface area contributed by atoms with Crippen molar-refractivity contribution in [3.8, 4) is 0 Å². The van der Waals surface area contributed by atoms with Gasteiger partial charge in [-0.2, -0.15) is 0 Å². The number of nitrogens with zero attached hydrogens (tertiary/aromatic N) is 3. The molecule has 2 aromatic heterocycles. The monoisotopic (exact) mass is 209 g/mol. The van der Waals surface area contributed by atoms with E-state index in [9.17, 15) is 4.79 Å². The summed E-state index contributed by atoms with van der Waals surface area (Å²) in [5, 5.41) is 0.443. The van der Waals surface area contributed by atoms with Crippen LogP contribution < -0.4 is 5.56 Å². The van der Waals surface area contributed by atoms with Crippen LogP contribution >= 0.6 is 0 Å². The quantitative estimate of drug-likeness (QED) is 0.563. The Kier molecular flexibility index (Phi) is 1.86. The van der Waals surface area contributed by atoms with Gasteiger partial charge in [0, 0.05) is 6.20 Å². The first kappa shape index (κ1) is 8.91. The summed E-state index contributed by atoms with van der Waals surface area (Å²) in [6.07, 6.45) is 1.61. The van der Waals surface area contributed by atoms with Crippen LogP contribution in [-0.2, 0) is 0 Å². The van der Waals surface area contributed by atoms with Crippen molar-refractivity contribution in [1.29, 1.82) is 0 Å². The van der Waals surface area contributed by atoms with E-state index in [0.29, 0.717) is 22.1 Å². The first-order valence-corrected chi connectivity index (χ1v) is 4.86. The highest BCUT2D eigenvalue weighted by molar-refractivity contribution is 5.81. The minimum atomic E-state index is -0.295. The van der Waals surface area contributed by atoms with E-state index in [1.165, 1.54) is 0 Å². The van der Waals surface area contributed by atoms with E-state index in [0.717, 1.165) is 0 Å². The molecule has 0 fully saturated rings. The van der Waals surface area contributed by atoms with Gasteiger partial charge in [-0.05, 0) is 24.3 Å². The van der Waals surface area contributed by atoms with Crippen molar-refractivity contribution in [2.75, 3.05) is 0 Å². The zero-order chi connectivity index (χ0) is 11.0. The van der Waals surface area contributed by atoms with E-state index in [2.05, 4.69) is 15.0 Å². The van der Waals surface area contributed by atoms with Crippen LogP contribution in [0.4, 0.5) is 0 Å². The molecule has 2 heterocycles. The van der Waals surface area contributed by atoms with Crippen LogP contribution in [0.1, 0.15) is 0 Å². The third-order valence-electron chi connectivity index (χ3n) is 2.35. The van der Waals surface area contributed by atoms with Crippen LogP contribution in [0.25, 0.3) is 22.1 Å². The van der Waals surface area contributed by atoms with Crippen molar-refractivity contribution < 1.29 is 0 Å². The van der Waals surface area contributed by atoms with Gasteiger partial charge < -0.3 is 0 Å². The van der Waals surface area contributed by atoms with Crippen LogP contribution in [0, 0.1) is 0 Å². The molecule has 76 valence electrons. The topological polar surface area (TPSA) is 55.7 Å². The predicted molar refractivity (Wildman–Crippen MR) is 61.1 cm³/mol. The fourth-order valence-electron chi connectivity index (χ4n) is 1.59.